The molecular formula is C23H32N4O4S. The fourth-order valence-electron chi connectivity index (χ4n) is 4.04. The lowest BCUT2D eigenvalue weighted by molar-refractivity contribution is -0.136. The lowest BCUT2D eigenvalue weighted by Crippen LogP contribution is -2.61. The number of nitrogens with one attached hydrogen (secondary N) is 2. The van der Waals surface area contributed by atoms with Crippen molar-refractivity contribution >= 4 is 32.7 Å². The zero-order valence-electron chi connectivity index (χ0n) is 19.0. The van der Waals surface area contributed by atoms with Gasteiger partial charge in [-0.2, -0.15) is 4.72 Å². The Hall–Kier alpha value is -2.65. The first-order valence-corrected chi connectivity index (χ1v) is 12.5. The van der Waals surface area contributed by atoms with Gasteiger partial charge in [-0.15, -0.1) is 0 Å². The Morgan fingerprint density at radius 3 is 2.44 bits per heavy atom. The maximum atomic E-state index is 13.3. The molecular weight excluding hydrogens is 428 g/mol. The molecule has 1 fully saturated rings. The second-order valence-electron chi connectivity index (χ2n) is 8.48. The van der Waals surface area contributed by atoms with E-state index in [1.54, 1.807) is 34.1 Å². The third-order valence-electron chi connectivity index (χ3n) is 5.78. The molecule has 0 aromatic heterocycles. The largest absolute Gasteiger partial charge is 0.338 e. The van der Waals surface area contributed by atoms with E-state index in [0.29, 0.717) is 31.6 Å². The Bertz CT molecular complexity index is 1080. The molecule has 0 aliphatic carbocycles. The zero-order valence-corrected chi connectivity index (χ0v) is 19.9. The van der Waals surface area contributed by atoms with Crippen LogP contribution in [0.4, 0.5) is 4.79 Å². The molecule has 3 amide bonds. The molecule has 174 valence electrons. The number of carbonyl (C=O) groups excluding carboxylic acids is 2. The molecule has 1 heterocycles. The van der Waals surface area contributed by atoms with Crippen molar-refractivity contribution < 1.29 is 18.0 Å². The fourth-order valence-corrected chi connectivity index (χ4v) is 5.61. The Balaban J connectivity index is 1.80. The van der Waals surface area contributed by atoms with Crippen LogP contribution in [0.2, 0.25) is 0 Å². The van der Waals surface area contributed by atoms with Crippen LogP contribution in [0.5, 0.6) is 0 Å². The van der Waals surface area contributed by atoms with Gasteiger partial charge in [-0.3, -0.25) is 4.79 Å². The Kier molecular flexibility index (Phi) is 7.40. The minimum absolute atomic E-state index is 0.149. The van der Waals surface area contributed by atoms with E-state index < -0.39 is 16.1 Å². The van der Waals surface area contributed by atoms with Crippen LogP contribution in [-0.4, -0.2) is 68.4 Å². The van der Waals surface area contributed by atoms with Crippen molar-refractivity contribution in [2.24, 2.45) is 5.92 Å². The molecule has 9 heteroatoms. The molecule has 32 heavy (non-hydrogen) atoms. The van der Waals surface area contributed by atoms with Crippen LogP contribution in [0.25, 0.3) is 10.8 Å². The quantitative estimate of drug-likeness (QED) is 0.692. The van der Waals surface area contributed by atoms with Crippen molar-refractivity contribution in [3.05, 3.63) is 42.5 Å². The minimum Gasteiger partial charge on any atom is -0.338 e. The van der Waals surface area contributed by atoms with Crippen LogP contribution in [0.1, 0.15) is 27.7 Å². The van der Waals surface area contributed by atoms with Crippen LogP contribution in [-0.2, 0) is 14.8 Å². The Morgan fingerprint density at radius 2 is 1.78 bits per heavy atom. The van der Waals surface area contributed by atoms with Gasteiger partial charge in [0.2, 0.25) is 15.9 Å². The summed E-state index contributed by atoms with van der Waals surface area (Å²) in [7, 11) is -3.93. The number of benzene rings is 2. The highest BCUT2D eigenvalue weighted by molar-refractivity contribution is 7.89. The average molecular weight is 461 g/mol. The van der Waals surface area contributed by atoms with Gasteiger partial charge in [0.15, 0.2) is 0 Å². The lowest BCUT2D eigenvalue weighted by atomic mass is 10.0. The van der Waals surface area contributed by atoms with Crippen molar-refractivity contribution in [2.75, 3.05) is 26.2 Å². The highest BCUT2D eigenvalue weighted by Crippen LogP contribution is 2.24. The van der Waals surface area contributed by atoms with Crippen LogP contribution in [0.3, 0.4) is 0 Å². The molecule has 2 N–H and O–H groups in total. The van der Waals surface area contributed by atoms with Crippen molar-refractivity contribution in [2.45, 2.75) is 44.7 Å². The van der Waals surface area contributed by atoms with Crippen molar-refractivity contribution in [3.8, 4) is 0 Å². The topological polar surface area (TPSA) is 98.8 Å². The van der Waals surface area contributed by atoms with E-state index in [1.807, 2.05) is 45.9 Å². The number of hydrogen-bond donors (Lipinski definition) is 2. The fraction of sp³-hybridized carbons (Fsp3) is 0.478. The van der Waals surface area contributed by atoms with Gasteiger partial charge < -0.3 is 15.1 Å². The summed E-state index contributed by atoms with van der Waals surface area (Å²) in [5.74, 6) is -0.518. The predicted octanol–water partition coefficient (Wildman–Crippen LogP) is 2.40. The Labute approximate surface area is 190 Å². The molecule has 3 rings (SSSR count). The normalized spacial score (nSPS) is 18.1. The molecule has 8 nitrogen and oxygen atoms in total. The second-order valence-corrected chi connectivity index (χ2v) is 10.2. The monoisotopic (exact) mass is 460 g/mol. The number of nitrogens with zero attached hydrogens (tertiary/aromatic N) is 2. The first-order valence-electron chi connectivity index (χ1n) is 11.0. The van der Waals surface area contributed by atoms with Crippen LogP contribution in [0, 0.1) is 5.92 Å². The molecule has 0 saturated carbocycles. The van der Waals surface area contributed by atoms with E-state index >= 15 is 0 Å². The van der Waals surface area contributed by atoms with Crippen molar-refractivity contribution in [1.82, 2.24) is 19.8 Å². The second kappa shape index (κ2) is 9.87. The van der Waals surface area contributed by atoms with Crippen LogP contribution in [0.15, 0.2) is 47.4 Å². The molecule has 2 atom stereocenters. The van der Waals surface area contributed by atoms with Gasteiger partial charge in [0.1, 0.15) is 6.04 Å². The number of rotatable bonds is 6. The molecule has 1 saturated heterocycles. The summed E-state index contributed by atoms with van der Waals surface area (Å²) in [6.45, 7) is 9.05. The standard InChI is InChI=1S/C23H32N4O4S/c1-5-24-23(29)27-14-13-26(15-17(27)4)22(28)21(16(2)3)25-32(30,31)20-12-8-10-18-9-6-7-11-19(18)20/h6-12,16-17,21,25H,5,13-15H2,1-4H3,(H,24,29). The van der Waals surface area contributed by atoms with Gasteiger partial charge in [0.25, 0.3) is 0 Å². The molecule has 0 bridgehead atoms. The third kappa shape index (κ3) is 5.05. The number of fused-ring (bicyclic) bond motifs is 1. The smallest absolute Gasteiger partial charge is 0.317 e. The molecule has 2 unspecified atom stereocenters. The summed E-state index contributed by atoms with van der Waals surface area (Å²) in [5, 5.41) is 4.22. The third-order valence-corrected chi connectivity index (χ3v) is 7.28. The number of sulfonamides is 1. The Morgan fingerprint density at radius 1 is 1.09 bits per heavy atom. The lowest BCUT2D eigenvalue weighted by Gasteiger charge is -2.41. The highest BCUT2D eigenvalue weighted by Gasteiger charge is 2.36. The minimum atomic E-state index is -3.93. The van der Waals surface area contributed by atoms with Gasteiger partial charge in [0.05, 0.1) is 4.90 Å². The summed E-state index contributed by atoms with van der Waals surface area (Å²) in [6, 6.07) is 11.2. The van der Waals surface area contributed by atoms with Crippen molar-refractivity contribution in [3.63, 3.8) is 0 Å². The van der Waals surface area contributed by atoms with E-state index in [-0.39, 0.29) is 28.8 Å². The summed E-state index contributed by atoms with van der Waals surface area (Å²) in [4.78, 5) is 29.1. The average Bonchev–Trinajstić information content (AvgIpc) is 2.76. The maximum absolute atomic E-state index is 13.3. The van der Waals surface area contributed by atoms with Crippen LogP contribution < -0.4 is 10.0 Å². The van der Waals surface area contributed by atoms with Crippen LogP contribution >= 0.6 is 0 Å². The first-order chi connectivity index (χ1) is 15.2. The van der Waals surface area contributed by atoms with E-state index in [1.165, 1.54) is 0 Å². The molecule has 2 aromatic carbocycles. The number of urea groups is 1. The molecule has 0 radical (unpaired) electrons. The molecule has 1 aliphatic rings. The number of piperazine rings is 1. The van der Waals surface area contributed by atoms with E-state index in [2.05, 4.69) is 10.0 Å². The molecule has 1 aliphatic heterocycles. The summed E-state index contributed by atoms with van der Waals surface area (Å²) >= 11 is 0. The summed E-state index contributed by atoms with van der Waals surface area (Å²) in [5.41, 5.74) is 0. The molecule has 0 spiro atoms. The van der Waals surface area contributed by atoms with E-state index in [4.69, 9.17) is 0 Å². The van der Waals surface area contributed by atoms with Gasteiger partial charge in [-0.25, -0.2) is 13.2 Å². The van der Waals surface area contributed by atoms with Gasteiger partial charge in [-0.1, -0.05) is 50.2 Å². The zero-order chi connectivity index (χ0) is 23.5. The SMILES string of the molecule is CCNC(=O)N1CCN(C(=O)C(NS(=O)(=O)c2cccc3ccccc23)C(C)C)CC1C. The van der Waals surface area contributed by atoms with Gasteiger partial charge in [-0.05, 0) is 31.2 Å². The molecule has 2 aromatic rings. The summed E-state index contributed by atoms with van der Waals surface area (Å²) < 4.78 is 29.2. The maximum Gasteiger partial charge on any atom is 0.317 e. The van der Waals surface area contributed by atoms with E-state index in [0.717, 1.165) is 5.39 Å². The van der Waals surface area contributed by atoms with Gasteiger partial charge >= 0.3 is 6.03 Å². The first kappa shape index (κ1) is 24.0. The van der Waals surface area contributed by atoms with Crippen molar-refractivity contribution in [1.29, 1.82) is 0 Å². The van der Waals surface area contributed by atoms with E-state index in [9.17, 15) is 18.0 Å². The predicted molar refractivity (Wildman–Crippen MR) is 125 cm³/mol. The summed E-state index contributed by atoms with van der Waals surface area (Å²) in [6.07, 6.45) is 0. The number of carbonyl (C=O) groups is 2. The number of amides is 3. The highest BCUT2D eigenvalue weighted by atomic mass is 32.2. The number of hydrogen-bond acceptors (Lipinski definition) is 4. The van der Waals surface area contributed by atoms with Gasteiger partial charge in [0, 0.05) is 37.6 Å².